The van der Waals surface area contributed by atoms with E-state index in [1.54, 1.807) is 0 Å². The number of methoxy groups -OCH3 is 1. The van der Waals surface area contributed by atoms with Crippen molar-refractivity contribution in [2.75, 3.05) is 57.6 Å². The van der Waals surface area contributed by atoms with Crippen molar-refractivity contribution in [3.63, 3.8) is 0 Å². The van der Waals surface area contributed by atoms with Crippen LogP contribution in [-0.4, -0.2) is 88.1 Å². The Kier molecular flexibility index (Phi) is 7.39. The maximum atomic E-state index is 13.1. The number of amides is 1. The molecule has 1 aliphatic heterocycles. The maximum absolute atomic E-state index is 13.1. The zero-order valence-electron chi connectivity index (χ0n) is 19.4. The lowest BCUT2D eigenvalue weighted by Gasteiger charge is -2.28. The summed E-state index contributed by atoms with van der Waals surface area (Å²) in [6, 6.07) is 1.46. The Morgan fingerprint density at radius 3 is 2.71 bits per heavy atom. The number of hydrogen-bond acceptors (Lipinski definition) is 11. The first kappa shape index (κ1) is 24.3. The molecule has 13 nitrogen and oxygen atoms in total. The third-order valence-corrected chi connectivity index (χ3v) is 5.56. The van der Waals surface area contributed by atoms with E-state index in [0.29, 0.717) is 19.8 Å². The predicted octanol–water partition coefficient (Wildman–Crippen LogP) is -0.361. The van der Waals surface area contributed by atoms with Gasteiger partial charge in [-0.2, -0.15) is 0 Å². The van der Waals surface area contributed by atoms with Gasteiger partial charge in [-0.3, -0.25) is 24.4 Å². The second-order valence-corrected chi connectivity index (χ2v) is 7.98. The number of nitrogens with two attached hydrogens (primary N) is 1. The number of nitrogens with zero attached hydrogens (tertiary/aromatic N) is 5. The normalized spacial score (nSPS) is 15.1. The van der Waals surface area contributed by atoms with E-state index in [4.69, 9.17) is 19.9 Å². The number of fused-ring (bicyclic) bond motifs is 1. The first-order valence-corrected chi connectivity index (χ1v) is 10.9. The molecule has 0 spiro atoms. The minimum Gasteiger partial charge on any atom is -0.491 e. The average Bonchev–Trinajstić information content (AvgIpc) is 2.86. The van der Waals surface area contributed by atoms with Gasteiger partial charge in [-0.05, 0) is 0 Å². The Balaban J connectivity index is 1.62. The summed E-state index contributed by atoms with van der Waals surface area (Å²) >= 11 is 0. The Labute approximate surface area is 200 Å². The number of aromatic nitrogens is 4. The standard InChI is InChI=1S/C22H27N7O6/c1-28-21(32)17-15(23)7-16(35-11-14(30)10-29-3-5-34-6-4-29)19(33-2)18(17)26-22(28)27-20(31)13-8-24-12-25-9-13/h7-9,12,14,30H,3-6,10-11,23H2,1-2H3,(H,26,27,31)/t14-/m0/s1. The molecule has 0 radical (unpaired) electrons. The molecule has 4 N–H and O–H groups in total. The minimum absolute atomic E-state index is 0.0267. The SMILES string of the molecule is COc1c(OC[C@@H](O)CN2CCOCC2)cc(N)c2c(=O)n(C)c(NC(=O)c3cncnc3)nc12. The quantitative estimate of drug-likeness (QED) is 0.356. The molecule has 0 bridgehead atoms. The molecule has 2 aromatic heterocycles. The largest absolute Gasteiger partial charge is 0.491 e. The number of β-amino-alcohol motifs (C(OH)–C–C–N with tert-alkyl or cyclic N) is 1. The summed E-state index contributed by atoms with van der Waals surface area (Å²) in [5.74, 6) is -0.200. The van der Waals surface area contributed by atoms with Gasteiger partial charge in [-0.25, -0.2) is 15.0 Å². The number of carbonyl (C=O) groups is 1. The van der Waals surface area contributed by atoms with E-state index in [2.05, 4.69) is 25.2 Å². The second-order valence-electron chi connectivity index (χ2n) is 7.98. The highest BCUT2D eigenvalue weighted by Crippen LogP contribution is 2.37. The lowest BCUT2D eigenvalue weighted by Crippen LogP contribution is -2.42. The highest BCUT2D eigenvalue weighted by molar-refractivity contribution is 6.04. The number of anilines is 2. The summed E-state index contributed by atoms with van der Waals surface area (Å²) in [5, 5.41) is 13.1. The maximum Gasteiger partial charge on any atom is 0.264 e. The Bertz CT molecular complexity index is 1260. The van der Waals surface area contributed by atoms with Crippen LogP contribution in [0.15, 0.2) is 29.6 Å². The molecule has 1 amide bonds. The first-order valence-electron chi connectivity index (χ1n) is 10.9. The molecular weight excluding hydrogens is 458 g/mol. The van der Waals surface area contributed by atoms with Crippen molar-refractivity contribution in [1.29, 1.82) is 0 Å². The second kappa shape index (κ2) is 10.6. The van der Waals surface area contributed by atoms with Crippen LogP contribution in [0.25, 0.3) is 10.9 Å². The van der Waals surface area contributed by atoms with Crippen LogP contribution in [0.2, 0.25) is 0 Å². The van der Waals surface area contributed by atoms with Gasteiger partial charge < -0.3 is 25.1 Å². The van der Waals surface area contributed by atoms with Crippen LogP contribution in [-0.2, 0) is 11.8 Å². The van der Waals surface area contributed by atoms with Crippen LogP contribution in [0.5, 0.6) is 11.5 Å². The number of nitrogen functional groups attached to an aromatic ring is 1. The number of carbonyl (C=O) groups excluding carboxylic acids is 1. The van der Waals surface area contributed by atoms with Crippen molar-refractivity contribution in [3.8, 4) is 11.5 Å². The van der Waals surface area contributed by atoms with Crippen molar-refractivity contribution < 1.29 is 24.1 Å². The highest BCUT2D eigenvalue weighted by atomic mass is 16.5. The zero-order valence-corrected chi connectivity index (χ0v) is 19.4. The van der Waals surface area contributed by atoms with E-state index < -0.39 is 17.6 Å². The topological polar surface area (TPSA) is 167 Å². The fourth-order valence-electron chi connectivity index (χ4n) is 3.75. The van der Waals surface area contributed by atoms with E-state index in [9.17, 15) is 14.7 Å². The smallest absolute Gasteiger partial charge is 0.264 e. The zero-order chi connectivity index (χ0) is 24.9. The van der Waals surface area contributed by atoms with E-state index >= 15 is 0 Å². The van der Waals surface area contributed by atoms with Gasteiger partial charge in [0.1, 0.15) is 24.6 Å². The Morgan fingerprint density at radius 2 is 2.03 bits per heavy atom. The van der Waals surface area contributed by atoms with Gasteiger partial charge in [-0.1, -0.05) is 0 Å². The van der Waals surface area contributed by atoms with Crippen molar-refractivity contribution >= 4 is 28.4 Å². The minimum atomic E-state index is -0.769. The fraction of sp³-hybridized carbons (Fsp3) is 0.409. The molecule has 0 unspecified atom stereocenters. The molecule has 0 aliphatic carbocycles. The summed E-state index contributed by atoms with van der Waals surface area (Å²) in [6.07, 6.45) is 3.21. The molecular formula is C22H27N7O6. The van der Waals surface area contributed by atoms with Gasteiger partial charge in [0.2, 0.25) is 5.95 Å². The van der Waals surface area contributed by atoms with Gasteiger partial charge >= 0.3 is 0 Å². The number of rotatable bonds is 8. The van der Waals surface area contributed by atoms with Crippen LogP contribution in [0, 0.1) is 0 Å². The summed E-state index contributed by atoms with van der Waals surface area (Å²) in [6.45, 7) is 3.12. The van der Waals surface area contributed by atoms with Gasteiger partial charge in [0.15, 0.2) is 11.5 Å². The first-order chi connectivity index (χ1) is 16.9. The summed E-state index contributed by atoms with van der Waals surface area (Å²) in [5.41, 5.74) is 6.13. The average molecular weight is 486 g/mol. The van der Waals surface area contributed by atoms with Crippen LogP contribution in [0.1, 0.15) is 10.4 Å². The summed E-state index contributed by atoms with van der Waals surface area (Å²) < 4.78 is 17.8. The van der Waals surface area contributed by atoms with E-state index in [1.165, 1.54) is 43.5 Å². The molecule has 4 rings (SSSR count). The number of benzene rings is 1. The van der Waals surface area contributed by atoms with Crippen molar-refractivity contribution in [1.82, 2.24) is 24.4 Å². The highest BCUT2D eigenvalue weighted by Gasteiger charge is 2.22. The van der Waals surface area contributed by atoms with Crippen molar-refractivity contribution in [2.45, 2.75) is 6.10 Å². The van der Waals surface area contributed by atoms with Gasteiger partial charge in [-0.15, -0.1) is 0 Å². The molecule has 186 valence electrons. The molecule has 3 heterocycles. The Hall–Kier alpha value is -3.81. The number of ether oxygens (including phenoxy) is 3. The molecule has 35 heavy (non-hydrogen) atoms. The van der Waals surface area contributed by atoms with Crippen LogP contribution >= 0.6 is 0 Å². The third-order valence-electron chi connectivity index (χ3n) is 5.56. The van der Waals surface area contributed by atoms with Crippen LogP contribution in [0.4, 0.5) is 11.6 Å². The van der Waals surface area contributed by atoms with E-state index in [1.807, 2.05) is 0 Å². The summed E-state index contributed by atoms with van der Waals surface area (Å²) in [7, 11) is 2.87. The van der Waals surface area contributed by atoms with Crippen molar-refractivity contribution in [2.24, 2.45) is 7.05 Å². The predicted molar refractivity (Wildman–Crippen MR) is 127 cm³/mol. The molecule has 0 saturated carbocycles. The van der Waals surface area contributed by atoms with Gasteiger partial charge in [0, 0.05) is 45.1 Å². The molecule has 1 aromatic carbocycles. The van der Waals surface area contributed by atoms with Crippen LogP contribution < -0.4 is 26.1 Å². The summed E-state index contributed by atoms with van der Waals surface area (Å²) in [4.78, 5) is 39.8. The van der Waals surface area contributed by atoms with Crippen LogP contribution in [0.3, 0.4) is 0 Å². The fourth-order valence-corrected chi connectivity index (χ4v) is 3.75. The van der Waals surface area contributed by atoms with Gasteiger partial charge in [0.25, 0.3) is 11.5 Å². The molecule has 13 heteroatoms. The molecule has 1 fully saturated rings. The number of hydrogen-bond donors (Lipinski definition) is 3. The number of aliphatic hydroxyl groups excluding tert-OH is 1. The molecule has 1 aliphatic rings. The number of aliphatic hydroxyl groups is 1. The Morgan fingerprint density at radius 1 is 1.31 bits per heavy atom. The molecule has 3 aromatic rings. The lowest BCUT2D eigenvalue weighted by atomic mass is 10.1. The van der Waals surface area contributed by atoms with Gasteiger partial charge in [0.05, 0.1) is 37.0 Å². The third kappa shape index (κ3) is 5.31. The molecule has 1 saturated heterocycles. The molecule has 1 atom stereocenters. The monoisotopic (exact) mass is 485 g/mol. The van der Waals surface area contributed by atoms with E-state index in [0.717, 1.165) is 13.1 Å². The lowest BCUT2D eigenvalue weighted by molar-refractivity contribution is 0.00447. The van der Waals surface area contributed by atoms with Crippen molar-refractivity contribution in [3.05, 3.63) is 40.7 Å². The number of morpholine rings is 1. The number of nitrogens with one attached hydrogen (secondary N) is 1. The van der Waals surface area contributed by atoms with E-state index in [-0.39, 0.29) is 46.2 Å².